The summed E-state index contributed by atoms with van der Waals surface area (Å²) in [5.41, 5.74) is 2.39. The third-order valence-corrected chi connectivity index (χ3v) is 7.30. The van der Waals surface area contributed by atoms with Crippen LogP contribution < -0.4 is 9.47 Å². The number of methoxy groups -OCH3 is 1. The van der Waals surface area contributed by atoms with E-state index in [1.807, 2.05) is 6.07 Å². The molecule has 0 N–H and O–H groups in total. The van der Waals surface area contributed by atoms with Crippen molar-refractivity contribution in [3.63, 3.8) is 0 Å². The van der Waals surface area contributed by atoms with Crippen molar-refractivity contribution in [3.8, 4) is 11.5 Å². The van der Waals surface area contributed by atoms with E-state index in [1.165, 1.54) is 25.3 Å². The summed E-state index contributed by atoms with van der Waals surface area (Å²) in [5.74, 6) is -2.50. The number of allylic oxidation sites excluding steroid dienone is 1. The largest absolute Gasteiger partial charge is 0.493 e. The maximum absolute atomic E-state index is 13.7. The predicted molar refractivity (Wildman–Crippen MR) is 153 cm³/mol. The lowest BCUT2D eigenvalue weighted by Crippen LogP contribution is -2.48. The van der Waals surface area contributed by atoms with Gasteiger partial charge in [-0.15, -0.1) is 0 Å². The summed E-state index contributed by atoms with van der Waals surface area (Å²) < 4.78 is 11.2. The van der Waals surface area contributed by atoms with E-state index in [4.69, 9.17) is 9.47 Å². The van der Waals surface area contributed by atoms with Crippen LogP contribution in [0.25, 0.3) is 6.08 Å². The molecule has 206 valence electrons. The molecular weight excluding hydrogens is 534 g/mol. The molecule has 0 radical (unpaired) electrons. The predicted octanol–water partition coefficient (Wildman–Crippen LogP) is 4.97. The highest BCUT2D eigenvalue weighted by Crippen LogP contribution is 2.33. The van der Waals surface area contributed by atoms with Gasteiger partial charge in [0, 0.05) is 17.5 Å². The molecule has 0 saturated carbocycles. The molecule has 1 unspecified atom stereocenters. The van der Waals surface area contributed by atoms with Gasteiger partial charge in [-0.1, -0.05) is 72.8 Å². The first-order valence-electron chi connectivity index (χ1n) is 13.2. The zero-order chi connectivity index (χ0) is 29.4. The van der Waals surface area contributed by atoms with Crippen LogP contribution in [-0.2, 0) is 11.2 Å². The van der Waals surface area contributed by atoms with Crippen LogP contribution in [0.15, 0.2) is 103 Å². The van der Waals surface area contributed by atoms with Crippen molar-refractivity contribution in [1.82, 2.24) is 4.90 Å². The molecule has 0 bridgehead atoms. The van der Waals surface area contributed by atoms with Crippen LogP contribution in [0, 0.1) is 0 Å². The van der Waals surface area contributed by atoms with Gasteiger partial charge in [-0.25, -0.2) is 4.79 Å². The summed E-state index contributed by atoms with van der Waals surface area (Å²) in [7, 11) is 1.39. The molecule has 1 aliphatic carbocycles. The number of Topliss-reactive ketones (excluding diaryl/α,β-unsaturated/α-hetero) is 2. The Morgan fingerprint density at radius 3 is 1.83 bits per heavy atom. The third-order valence-electron chi connectivity index (χ3n) is 7.30. The van der Waals surface area contributed by atoms with Gasteiger partial charge < -0.3 is 9.47 Å². The van der Waals surface area contributed by atoms with E-state index < -0.39 is 23.8 Å². The van der Waals surface area contributed by atoms with Gasteiger partial charge in [0.15, 0.2) is 23.1 Å². The topological polar surface area (TPSA) is 107 Å². The van der Waals surface area contributed by atoms with Crippen LogP contribution in [0.3, 0.4) is 0 Å². The molecule has 8 heteroatoms. The molecule has 1 aliphatic heterocycles. The maximum atomic E-state index is 13.7. The van der Waals surface area contributed by atoms with Crippen LogP contribution in [-0.4, -0.2) is 47.4 Å². The summed E-state index contributed by atoms with van der Waals surface area (Å²) in [5, 5.41) is 0. The number of ether oxygens (including phenoxy) is 2. The van der Waals surface area contributed by atoms with E-state index >= 15 is 0 Å². The van der Waals surface area contributed by atoms with Crippen molar-refractivity contribution >= 4 is 35.4 Å². The van der Waals surface area contributed by atoms with Crippen molar-refractivity contribution in [2.75, 3.05) is 7.11 Å². The number of imide groups is 1. The zero-order valence-corrected chi connectivity index (χ0v) is 22.4. The Balaban J connectivity index is 1.30. The van der Waals surface area contributed by atoms with E-state index in [1.54, 1.807) is 78.9 Å². The summed E-state index contributed by atoms with van der Waals surface area (Å²) in [4.78, 5) is 66.8. The lowest BCUT2D eigenvalue weighted by atomic mass is 10.0. The molecule has 2 aliphatic rings. The molecular formula is C34H23NO7. The van der Waals surface area contributed by atoms with Crippen molar-refractivity contribution < 1.29 is 33.4 Å². The van der Waals surface area contributed by atoms with Gasteiger partial charge in [0.05, 0.1) is 23.8 Å². The smallest absolute Gasteiger partial charge is 0.335 e. The Morgan fingerprint density at radius 2 is 1.26 bits per heavy atom. The van der Waals surface area contributed by atoms with Crippen molar-refractivity contribution in [3.05, 3.63) is 136 Å². The first-order chi connectivity index (χ1) is 20.4. The number of hydrogen-bond donors (Lipinski definition) is 0. The average Bonchev–Trinajstić information content (AvgIpc) is 3.41. The highest BCUT2D eigenvalue weighted by atomic mass is 16.6. The van der Waals surface area contributed by atoms with Crippen molar-refractivity contribution in [1.29, 1.82) is 0 Å². The molecule has 42 heavy (non-hydrogen) atoms. The van der Waals surface area contributed by atoms with Gasteiger partial charge in [-0.3, -0.25) is 24.1 Å². The van der Waals surface area contributed by atoms with Crippen molar-refractivity contribution in [2.45, 2.75) is 12.5 Å². The Bertz CT molecular complexity index is 1750. The molecule has 1 atom stereocenters. The van der Waals surface area contributed by atoms with E-state index in [0.717, 1.165) is 10.5 Å². The van der Waals surface area contributed by atoms with Gasteiger partial charge in [0.2, 0.25) is 0 Å². The van der Waals surface area contributed by atoms with Gasteiger partial charge in [0.25, 0.3) is 11.8 Å². The minimum atomic E-state index is -1.25. The van der Waals surface area contributed by atoms with E-state index in [-0.39, 0.29) is 46.2 Å². The van der Waals surface area contributed by atoms with Crippen LogP contribution >= 0.6 is 0 Å². The van der Waals surface area contributed by atoms with Gasteiger partial charge in [-0.05, 0) is 41.5 Å². The van der Waals surface area contributed by atoms with Crippen LogP contribution in [0.2, 0.25) is 0 Å². The zero-order valence-electron chi connectivity index (χ0n) is 22.4. The molecule has 6 rings (SSSR count). The third kappa shape index (κ3) is 4.58. The fraction of sp³-hybridized carbons (Fsp3) is 0.0882. The number of amides is 2. The molecule has 8 nitrogen and oxygen atoms in total. The molecule has 0 spiro atoms. The lowest BCUT2D eigenvalue weighted by molar-refractivity contribution is -0.138. The van der Waals surface area contributed by atoms with E-state index in [2.05, 4.69) is 0 Å². The monoisotopic (exact) mass is 557 g/mol. The second-order valence-corrected chi connectivity index (χ2v) is 9.82. The van der Waals surface area contributed by atoms with E-state index in [0.29, 0.717) is 16.7 Å². The van der Waals surface area contributed by atoms with Gasteiger partial charge in [0.1, 0.15) is 6.04 Å². The number of fused-ring (bicyclic) bond motifs is 2. The SMILES string of the molecule is COc1cc(C=C2C(=O)c3ccccc3C2=O)ccc1OC(=O)C(Cc1ccccc1)N1C(=O)c2ccccc2C1=O. The normalized spacial score (nSPS) is 14.5. The standard InChI is InChI=1S/C34H23NO7/c1-41-29-19-21(17-26-30(36)22-11-5-6-12-23(22)31(26)37)15-16-28(29)42-34(40)27(18-20-9-3-2-4-10-20)35-32(38)24-13-7-8-14-25(24)33(35)39/h2-17,19,27H,18H2,1H3. The first kappa shape index (κ1) is 26.6. The Labute approximate surface area is 240 Å². The molecule has 0 fully saturated rings. The Kier molecular flexibility index (Phi) is 6.80. The van der Waals surface area contributed by atoms with Crippen LogP contribution in [0.4, 0.5) is 0 Å². The number of hydrogen-bond acceptors (Lipinski definition) is 7. The molecule has 4 aromatic carbocycles. The second kappa shape index (κ2) is 10.7. The highest BCUT2D eigenvalue weighted by molar-refractivity contribution is 6.41. The fourth-order valence-electron chi connectivity index (χ4n) is 5.21. The minimum Gasteiger partial charge on any atom is -0.493 e. The van der Waals surface area contributed by atoms with Crippen molar-refractivity contribution in [2.24, 2.45) is 0 Å². The molecule has 0 saturated heterocycles. The van der Waals surface area contributed by atoms with Gasteiger partial charge in [-0.2, -0.15) is 0 Å². The Morgan fingerprint density at radius 1 is 0.714 bits per heavy atom. The number of carbonyl (C=O) groups is 5. The number of rotatable bonds is 7. The number of ketones is 2. The average molecular weight is 558 g/mol. The van der Waals surface area contributed by atoms with Crippen LogP contribution in [0.1, 0.15) is 52.6 Å². The minimum absolute atomic E-state index is 0.0246. The number of benzene rings is 4. The van der Waals surface area contributed by atoms with Crippen LogP contribution in [0.5, 0.6) is 11.5 Å². The number of nitrogens with zero attached hydrogens (tertiary/aromatic N) is 1. The molecule has 0 aromatic heterocycles. The fourth-order valence-corrected chi connectivity index (χ4v) is 5.21. The number of esters is 1. The summed E-state index contributed by atoms with van der Waals surface area (Å²) in [6, 6.07) is 25.4. The maximum Gasteiger partial charge on any atom is 0.335 e. The van der Waals surface area contributed by atoms with E-state index in [9.17, 15) is 24.0 Å². The quantitative estimate of drug-likeness (QED) is 0.104. The summed E-state index contributed by atoms with van der Waals surface area (Å²) in [6.45, 7) is 0. The van der Waals surface area contributed by atoms with Gasteiger partial charge >= 0.3 is 5.97 Å². The molecule has 4 aromatic rings. The summed E-state index contributed by atoms with van der Waals surface area (Å²) >= 11 is 0. The number of carbonyl (C=O) groups excluding carboxylic acids is 5. The molecule has 1 heterocycles. The second-order valence-electron chi connectivity index (χ2n) is 9.82. The highest BCUT2D eigenvalue weighted by Gasteiger charge is 2.43. The Hall–Kier alpha value is -5.63. The molecule has 2 amide bonds. The summed E-state index contributed by atoms with van der Waals surface area (Å²) in [6.07, 6.45) is 1.51. The lowest BCUT2D eigenvalue weighted by Gasteiger charge is -2.25. The first-order valence-corrected chi connectivity index (χ1v) is 13.2.